The normalized spacial score (nSPS) is 10.3. The molecule has 0 fully saturated rings. The molecule has 0 saturated heterocycles. The molecule has 0 bridgehead atoms. The molecule has 1 aromatic heterocycles. The van der Waals surface area contributed by atoms with Crippen molar-refractivity contribution in [2.45, 2.75) is 0 Å². The molecule has 0 radical (unpaired) electrons. The van der Waals surface area contributed by atoms with E-state index in [1.807, 2.05) is 30.3 Å². The Balaban J connectivity index is 2.33. The number of carbonyl (C=O) groups is 1. The maximum Gasteiger partial charge on any atom is 0.268 e. The molecule has 0 atom stereocenters. The lowest BCUT2D eigenvalue weighted by Crippen LogP contribution is -2.25. The second kappa shape index (κ2) is 6.07. The minimum absolute atomic E-state index is 0.0686. The molecule has 19 heavy (non-hydrogen) atoms. The Morgan fingerprint density at radius 3 is 2.58 bits per heavy atom. The Morgan fingerprint density at radius 2 is 2.00 bits per heavy atom. The van der Waals surface area contributed by atoms with E-state index >= 15 is 0 Å². The van der Waals surface area contributed by atoms with Crippen LogP contribution in [0, 0.1) is 0 Å². The molecule has 0 unspecified atom stereocenters. The molecule has 0 aliphatic rings. The minimum atomic E-state index is -0.0686. The molecule has 1 amide bonds. The number of para-hydroxylation sites is 2. The highest BCUT2D eigenvalue weighted by Gasteiger charge is 2.19. The molecule has 0 spiro atoms. The highest BCUT2D eigenvalue weighted by Crippen LogP contribution is 2.34. The summed E-state index contributed by atoms with van der Waals surface area (Å²) in [6.45, 7) is 0. The number of halogens is 2. The Morgan fingerprint density at radius 1 is 1.32 bits per heavy atom. The lowest BCUT2D eigenvalue weighted by Gasteiger charge is -2.19. The Hall–Kier alpha value is -0.850. The van der Waals surface area contributed by atoms with Gasteiger partial charge in [0, 0.05) is 11.5 Å². The Kier molecular flexibility index (Phi) is 4.65. The van der Waals surface area contributed by atoms with Crippen LogP contribution in [0.1, 0.15) is 9.67 Å². The van der Waals surface area contributed by atoms with Crippen LogP contribution >= 0.6 is 43.2 Å². The van der Waals surface area contributed by atoms with E-state index in [1.165, 1.54) is 11.3 Å². The van der Waals surface area contributed by atoms with Gasteiger partial charge in [0.25, 0.3) is 5.91 Å². The largest absolute Gasteiger partial charge is 0.495 e. The number of carbonyl (C=O) groups excluding carboxylic acids is 1. The maximum absolute atomic E-state index is 12.4. The van der Waals surface area contributed by atoms with Gasteiger partial charge in [-0.3, -0.25) is 4.79 Å². The van der Waals surface area contributed by atoms with Crippen molar-refractivity contribution in [3.63, 3.8) is 0 Å². The molecule has 0 aliphatic carbocycles. The standard InChI is InChI=1S/C13H11Br2NO2S/c1-16(9-5-3-4-6-10(9)18-2)13(17)11-7-8(14)12(15)19-11/h3-7H,1-2H3. The van der Waals surface area contributed by atoms with Gasteiger partial charge in [0.2, 0.25) is 0 Å². The highest BCUT2D eigenvalue weighted by molar-refractivity contribution is 9.13. The van der Waals surface area contributed by atoms with Crippen LogP contribution < -0.4 is 9.64 Å². The number of rotatable bonds is 3. The van der Waals surface area contributed by atoms with E-state index < -0.39 is 0 Å². The molecule has 0 saturated carbocycles. The molecule has 1 heterocycles. The summed E-state index contributed by atoms with van der Waals surface area (Å²) >= 11 is 8.18. The van der Waals surface area contributed by atoms with E-state index in [9.17, 15) is 4.79 Å². The van der Waals surface area contributed by atoms with Crippen molar-refractivity contribution in [2.75, 3.05) is 19.1 Å². The van der Waals surface area contributed by atoms with Gasteiger partial charge in [0.05, 0.1) is 21.5 Å². The predicted octanol–water partition coefficient (Wildman–Crippen LogP) is 4.56. The second-order valence-electron chi connectivity index (χ2n) is 3.77. The van der Waals surface area contributed by atoms with Crippen molar-refractivity contribution >= 4 is 54.8 Å². The van der Waals surface area contributed by atoms with Crippen LogP contribution in [0.2, 0.25) is 0 Å². The Labute approximate surface area is 132 Å². The third-order valence-electron chi connectivity index (χ3n) is 2.61. The van der Waals surface area contributed by atoms with Gasteiger partial charge in [0.15, 0.2) is 0 Å². The summed E-state index contributed by atoms with van der Waals surface area (Å²) in [5.74, 6) is 0.605. The summed E-state index contributed by atoms with van der Waals surface area (Å²) in [4.78, 5) is 14.7. The molecular weight excluding hydrogens is 394 g/mol. The molecular formula is C13H11Br2NO2S. The van der Waals surface area contributed by atoms with Crippen LogP contribution in [-0.4, -0.2) is 20.1 Å². The lowest BCUT2D eigenvalue weighted by molar-refractivity contribution is 0.0996. The van der Waals surface area contributed by atoms with Gasteiger partial charge in [-0.25, -0.2) is 0 Å². The maximum atomic E-state index is 12.4. The van der Waals surface area contributed by atoms with Crippen molar-refractivity contribution in [1.82, 2.24) is 0 Å². The summed E-state index contributed by atoms with van der Waals surface area (Å²) in [7, 11) is 3.33. The number of anilines is 1. The van der Waals surface area contributed by atoms with E-state index in [0.29, 0.717) is 10.6 Å². The SMILES string of the molecule is COc1ccccc1N(C)C(=O)c1cc(Br)c(Br)s1. The van der Waals surface area contributed by atoms with Gasteiger partial charge in [-0.15, -0.1) is 11.3 Å². The Bertz CT molecular complexity index is 593. The van der Waals surface area contributed by atoms with Gasteiger partial charge in [-0.1, -0.05) is 12.1 Å². The van der Waals surface area contributed by atoms with Crippen molar-refractivity contribution in [3.8, 4) is 5.75 Å². The fourth-order valence-corrected chi connectivity index (χ4v) is 3.64. The number of methoxy groups -OCH3 is 1. The zero-order valence-electron chi connectivity index (χ0n) is 10.3. The molecule has 0 aliphatic heterocycles. The number of nitrogens with zero attached hydrogens (tertiary/aromatic N) is 1. The van der Waals surface area contributed by atoms with Gasteiger partial charge in [0.1, 0.15) is 5.75 Å². The van der Waals surface area contributed by atoms with E-state index in [4.69, 9.17) is 4.74 Å². The van der Waals surface area contributed by atoms with E-state index in [-0.39, 0.29) is 5.91 Å². The summed E-state index contributed by atoms with van der Waals surface area (Å²) in [5, 5.41) is 0. The van der Waals surface area contributed by atoms with Crippen LogP contribution in [0.3, 0.4) is 0 Å². The number of benzene rings is 1. The van der Waals surface area contributed by atoms with Crippen LogP contribution in [0.4, 0.5) is 5.69 Å². The summed E-state index contributed by atoms with van der Waals surface area (Å²) in [5.41, 5.74) is 0.746. The van der Waals surface area contributed by atoms with Crippen molar-refractivity contribution in [1.29, 1.82) is 0 Å². The number of hydrogen-bond acceptors (Lipinski definition) is 3. The number of amides is 1. The number of ether oxygens (including phenoxy) is 1. The topological polar surface area (TPSA) is 29.5 Å². The van der Waals surface area contributed by atoms with Crippen LogP contribution in [0.25, 0.3) is 0 Å². The second-order valence-corrected chi connectivity index (χ2v) is 6.99. The fraction of sp³-hybridized carbons (Fsp3) is 0.154. The first-order valence-corrected chi connectivity index (χ1v) is 7.80. The molecule has 1 aromatic carbocycles. The predicted molar refractivity (Wildman–Crippen MR) is 85.4 cm³/mol. The molecule has 0 N–H and O–H groups in total. The van der Waals surface area contributed by atoms with Crippen LogP contribution in [0.15, 0.2) is 38.6 Å². The fourth-order valence-electron chi connectivity index (χ4n) is 1.63. The number of hydrogen-bond donors (Lipinski definition) is 0. The first-order valence-electron chi connectivity index (χ1n) is 5.40. The van der Waals surface area contributed by atoms with Crippen LogP contribution in [-0.2, 0) is 0 Å². The molecule has 100 valence electrons. The summed E-state index contributed by atoms with van der Waals surface area (Å²) < 4.78 is 7.06. The van der Waals surface area contributed by atoms with Crippen LogP contribution in [0.5, 0.6) is 5.75 Å². The van der Waals surface area contributed by atoms with Gasteiger partial charge >= 0.3 is 0 Å². The zero-order chi connectivity index (χ0) is 14.0. The smallest absolute Gasteiger partial charge is 0.268 e. The third-order valence-corrected chi connectivity index (χ3v) is 5.85. The highest BCUT2D eigenvalue weighted by atomic mass is 79.9. The minimum Gasteiger partial charge on any atom is -0.495 e. The van der Waals surface area contributed by atoms with Gasteiger partial charge in [-0.05, 0) is 50.1 Å². The molecule has 2 rings (SSSR count). The van der Waals surface area contributed by atoms with E-state index in [0.717, 1.165) is 13.9 Å². The van der Waals surface area contributed by atoms with Crippen molar-refractivity contribution < 1.29 is 9.53 Å². The van der Waals surface area contributed by atoms with Gasteiger partial charge in [-0.2, -0.15) is 0 Å². The third kappa shape index (κ3) is 3.01. The first kappa shape index (κ1) is 14.6. The van der Waals surface area contributed by atoms with E-state index in [1.54, 1.807) is 19.1 Å². The summed E-state index contributed by atoms with van der Waals surface area (Å²) in [6.07, 6.45) is 0. The molecule has 2 aromatic rings. The van der Waals surface area contributed by atoms with Gasteiger partial charge < -0.3 is 9.64 Å². The summed E-state index contributed by atoms with van der Waals surface area (Å²) in [6, 6.07) is 9.25. The quantitative estimate of drug-likeness (QED) is 0.750. The first-order chi connectivity index (χ1) is 9.04. The average molecular weight is 405 g/mol. The molecule has 6 heteroatoms. The number of thiophene rings is 1. The zero-order valence-corrected chi connectivity index (χ0v) is 14.3. The molecule has 3 nitrogen and oxygen atoms in total. The van der Waals surface area contributed by atoms with E-state index in [2.05, 4.69) is 31.9 Å². The van der Waals surface area contributed by atoms with Crippen molar-refractivity contribution in [3.05, 3.63) is 43.5 Å². The monoisotopic (exact) mass is 403 g/mol. The van der Waals surface area contributed by atoms with Crippen molar-refractivity contribution in [2.24, 2.45) is 0 Å². The average Bonchev–Trinajstić information content (AvgIpc) is 2.77. The lowest BCUT2D eigenvalue weighted by atomic mass is 10.2.